The fourth-order valence-corrected chi connectivity index (χ4v) is 3.61. The minimum Gasteiger partial charge on any atom is -0.449 e. The summed E-state index contributed by atoms with van der Waals surface area (Å²) in [6.07, 6.45) is -0.144. The van der Waals surface area contributed by atoms with Gasteiger partial charge in [-0.1, -0.05) is 60.4 Å². The fourth-order valence-electron chi connectivity index (χ4n) is 3.61. The largest absolute Gasteiger partial charge is 0.449 e. The van der Waals surface area contributed by atoms with E-state index < -0.39 is 17.7 Å². The Morgan fingerprint density at radius 3 is 2.27 bits per heavy atom. The second kappa shape index (κ2) is 8.79. The molecule has 3 aromatic rings. The SMILES string of the molecule is O=C(NCCC#Cc1ccc(F)c(F)c1)OCC1c2ccccc2-c2ccccc21. The van der Waals surface area contributed by atoms with E-state index in [1.165, 1.54) is 17.2 Å². The van der Waals surface area contributed by atoms with Gasteiger partial charge in [0.2, 0.25) is 0 Å². The van der Waals surface area contributed by atoms with Gasteiger partial charge in [0.15, 0.2) is 11.6 Å². The molecule has 0 heterocycles. The average Bonchev–Trinajstić information content (AvgIpc) is 3.08. The van der Waals surface area contributed by atoms with E-state index in [9.17, 15) is 13.6 Å². The second-order valence-corrected chi connectivity index (χ2v) is 6.93. The maximum absolute atomic E-state index is 13.1. The van der Waals surface area contributed by atoms with Crippen LogP contribution in [0.3, 0.4) is 0 Å². The molecular weight excluding hydrogens is 384 g/mol. The Labute approximate surface area is 173 Å². The van der Waals surface area contributed by atoms with E-state index >= 15 is 0 Å². The minimum atomic E-state index is -0.932. The molecule has 0 atom stereocenters. The Balaban J connectivity index is 1.29. The molecule has 0 bridgehead atoms. The van der Waals surface area contributed by atoms with Crippen molar-refractivity contribution in [1.29, 1.82) is 0 Å². The molecule has 0 saturated carbocycles. The zero-order valence-electron chi connectivity index (χ0n) is 16.1. The third-order valence-corrected chi connectivity index (χ3v) is 5.02. The second-order valence-electron chi connectivity index (χ2n) is 6.93. The van der Waals surface area contributed by atoms with Gasteiger partial charge in [-0.05, 0) is 40.5 Å². The smallest absolute Gasteiger partial charge is 0.407 e. The molecule has 1 aliphatic carbocycles. The van der Waals surface area contributed by atoms with Crippen LogP contribution in [0.2, 0.25) is 0 Å². The van der Waals surface area contributed by atoms with Crippen LogP contribution in [0.15, 0.2) is 66.7 Å². The zero-order chi connectivity index (χ0) is 20.9. The molecule has 0 spiro atoms. The van der Waals surface area contributed by atoms with Crippen LogP contribution in [0.1, 0.15) is 29.0 Å². The van der Waals surface area contributed by atoms with Crippen molar-refractivity contribution in [3.63, 3.8) is 0 Å². The molecular formula is C25H19F2NO2. The fraction of sp³-hybridized carbons (Fsp3) is 0.160. The van der Waals surface area contributed by atoms with Gasteiger partial charge in [-0.2, -0.15) is 0 Å². The van der Waals surface area contributed by atoms with Crippen LogP contribution in [0, 0.1) is 23.5 Å². The summed E-state index contributed by atoms with van der Waals surface area (Å²) in [5.41, 5.74) is 5.05. The van der Waals surface area contributed by atoms with Crippen LogP contribution in [0.4, 0.5) is 13.6 Å². The molecule has 0 radical (unpaired) electrons. The topological polar surface area (TPSA) is 38.3 Å². The summed E-state index contributed by atoms with van der Waals surface area (Å²) in [5, 5.41) is 2.66. The summed E-state index contributed by atoms with van der Waals surface area (Å²) < 4.78 is 31.5. The predicted molar refractivity (Wildman–Crippen MR) is 111 cm³/mol. The number of halogens is 2. The van der Waals surface area contributed by atoms with Gasteiger partial charge in [0, 0.05) is 24.4 Å². The number of hydrogen-bond donors (Lipinski definition) is 1. The van der Waals surface area contributed by atoms with Crippen molar-refractivity contribution in [3.05, 3.63) is 95.1 Å². The first-order valence-corrected chi connectivity index (χ1v) is 9.66. The standard InChI is InChI=1S/C25H19F2NO2/c26-23-13-12-17(15-24(23)27)7-5-6-14-28-25(29)30-16-22-20-10-3-1-8-18(20)19-9-2-4-11-21(19)22/h1-4,8-13,15,22H,6,14,16H2,(H,28,29). The van der Waals surface area contributed by atoms with E-state index in [2.05, 4.69) is 41.4 Å². The average molecular weight is 403 g/mol. The number of carbonyl (C=O) groups excluding carboxylic acids is 1. The van der Waals surface area contributed by atoms with Crippen LogP contribution in [-0.2, 0) is 4.74 Å². The first-order valence-electron chi connectivity index (χ1n) is 9.66. The molecule has 5 heteroatoms. The Bertz CT molecular complexity index is 1100. The van der Waals surface area contributed by atoms with Crippen LogP contribution in [0.5, 0.6) is 0 Å². The molecule has 3 nitrogen and oxygen atoms in total. The molecule has 4 rings (SSSR count). The number of hydrogen-bond acceptors (Lipinski definition) is 2. The summed E-state index contributed by atoms with van der Waals surface area (Å²) in [6.45, 7) is 0.549. The number of amides is 1. The third-order valence-electron chi connectivity index (χ3n) is 5.02. The third kappa shape index (κ3) is 4.18. The van der Waals surface area contributed by atoms with Crippen molar-refractivity contribution < 1.29 is 18.3 Å². The van der Waals surface area contributed by atoms with Gasteiger partial charge in [-0.25, -0.2) is 13.6 Å². The van der Waals surface area contributed by atoms with Crippen LogP contribution in [0.25, 0.3) is 11.1 Å². The molecule has 30 heavy (non-hydrogen) atoms. The van der Waals surface area contributed by atoms with Gasteiger partial charge in [-0.15, -0.1) is 0 Å². The number of benzene rings is 3. The first kappa shape index (κ1) is 19.7. The normalized spacial score (nSPS) is 11.8. The first-order chi connectivity index (χ1) is 14.6. The summed E-state index contributed by atoms with van der Waals surface area (Å²) in [5.74, 6) is 3.73. The highest BCUT2D eigenvalue weighted by Crippen LogP contribution is 2.44. The van der Waals surface area contributed by atoms with Gasteiger partial charge in [-0.3, -0.25) is 0 Å². The molecule has 0 saturated heterocycles. The summed E-state index contributed by atoms with van der Waals surface area (Å²) in [4.78, 5) is 12.1. The number of nitrogens with one attached hydrogen (secondary N) is 1. The Morgan fingerprint density at radius 1 is 0.933 bits per heavy atom. The molecule has 0 fully saturated rings. The zero-order valence-corrected chi connectivity index (χ0v) is 16.1. The van der Waals surface area contributed by atoms with E-state index in [0.29, 0.717) is 18.5 Å². The quantitative estimate of drug-likeness (QED) is 0.478. The monoisotopic (exact) mass is 403 g/mol. The van der Waals surface area contributed by atoms with E-state index in [4.69, 9.17) is 4.74 Å². The van der Waals surface area contributed by atoms with Gasteiger partial charge in [0.25, 0.3) is 0 Å². The highest BCUT2D eigenvalue weighted by Gasteiger charge is 2.28. The maximum Gasteiger partial charge on any atom is 0.407 e. The number of carbonyl (C=O) groups is 1. The van der Waals surface area contributed by atoms with Crippen molar-refractivity contribution in [2.45, 2.75) is 12.3 Å². The van der Waals surface area contributed by atoms with Crippen LogP contribution >= 0.6 is 0 Å². The van der Waals surface area contributed by atoms with Crippen molar-refractivity contribution in [2.75, 3.05) is 13.2 Å². The molecule has 1 N–H and O–H groups in total. The van der Waals surface area contributed by atoms with Crippen LogP contribution in [-0.4, -0.2) is 19.2 Å². The number of alkyl carbamates (subject to hydrolysis) is 1. The highest BCUT2D eigenvalue weighted by molar-refractivity contribution is 5.79. The molecule has 0 unspecified atom stereocenters. The van der Waals surface area contributed by atoms with Gasteiger partial charge in [0.05, 0.1) is 0 Å². The molecule has 0 aromatic heterocycles. The molecule has 0 aliphatic heterocycles. The Kier molecular flexibility index (Phi) is 5.76. The van der Waals surface area contributed by atoms with Crippen molar-refractivity contribution >= 4 is 6.09 Å². The number of rotatable bonds is 4. The molecule has 1 aliphatic rings. The lowest BCUT2D eigenvalue weighted by Gasteiger charge is -2.14. The maximum atomic E-state index is 13.1. The Hall–Kier alpha value is -3.65. The molecule has 150 valence electrons. The van der Waals surface area contributed by atoms with E-state index in [1.54, 1.807) is 0 Å². The lowest BCUT2D eigenvalue weighted by atomic mass is 9.98. The van der Waals surface area contributed by atoms with Crippen molar-refractivity contribution in [3.8, 4) is 23.0 Å². The van der Waals surface area contributed by atoms with E-state index in [-0.39, 0.29) is 12.5 Å². The number of fused-ring (bicyclic) bond motifs is 3. The van der Waals surface area contributed by atoms with Gasteiger partial charge < -0.3 is 10.1 Å². The molecule has 3 aromatic carbocycles. The highest BCUT2D eigenvalue weighted by atomic mass is 19.2. The van der Waals surface area contributed by atoms with Crippen molar-refractivity contribution in [2.24, 2.45) is 0 Å². The summed E-state index contributed by atoms with van der Waals surface area (Å²) in [6, 6.07) is 19.8. The van der Waals surface area contributed by atoms with E-state index in [1.807, 2.05) is 24.3 Å². The minimum absolute atomic E-state index is 0.0105. The van der Waals surface area contributed by atoms with Gasteiger partial charge in [0.1, 0.15) is 6.61 Å². The van der Waals surface area contributed by atoms with Gasteiger partial charge >= 0.3 is 6.09 Å². The molecule has 1 amide bonds. The lowest BCUT2D eigenvalue weighted by Crippen LogP contribution is -2.26. The summed E-state index contributed by atoms with van der Waals surface area (Å²) >= 11 is 0. The summed E-state index contributed by atoms with van der Waals surface area (Å²) in [7, 11) is 0. The van der Waals surface area contributed by atoms with Crippen LogP contribution < -0.4 is 5.32 Å². The Morgan fingerprint density at radius 2 is 1.60 bits per heavy atom. The van der Waals surface area contributed by atoms with E-state index in [0.717, 1.165) is 23.3 Å². The van der Waals surface area contributed by atoms with Crippen molar-refractivity contribution in [1.82, 2.24) is 5.32 Å². The lowest BCUT2D eigenvalue weighted by molar-refractivity contribution is 0.143. The number of ether oxygens (including phenoxy) is 1. The predicted octanol–water partition coefficient (Wildman–Crippen LogP) is 5.25.